The van der Waals surface area contributed by atoms with Crippen LogP contribution in [-0.2, 0) is 6.54 Å². The normalized spacial score (nSPS) is 12.7. The molecule has 1 atom stereocenters. The van der Waals surface area contributed by atoms with Gasteiger partial charge in [-0.25, -0.2) is 4.98 Å². The molecule has 1 unspecified atom stereocenters. The number of hydrogen-bond donors (Lipinski definition) is 1. The average Bonchev–Trinajstić information content (AvgIpc) is 2.94. The van der Waals surface area contributed by atoms with Gasteiger partial charge in [-0.3, -0.25) is 4.68 Å². The molecule has 3 aromatic rings. The number of aromatic nitrogens is 3. The van der Waals surface area contributed by atoms with Crippen molar-refractivity contribution in [2.45, 2.75) is 19.6 Å². The summed E-state index contributed by atoms with van der Waals surface area (Å²) in [5.74, 6) is 0. The van der Waals surface area contributed by atoms with E-state index in [4.69, 9.17) is 0 Å². The van der Waals surface area contributed by atoms with Gasteiger partial charge in [-0.1, -0.05) is 24.3 Å². The Morgan fingerprint density at radius 3 is 2.84 bits per heavy atom. The zero-order valence-electron chi connectivity index (χ0n) is 10.7. The van der Waals surface area contributed by atoms with Gasteiger partial charge in [0, 0.05) is 18.1 Å². The molecule has 0 amide bonds. The number of nitrogens with zero attached hydrogens (tertiary/aromatic N) is 3. The predicted octanol–water partition coefficient (Wildman–Crippen LogP) is 2.53. The van der Waals surface area contributed by atoms with E-state index in [0.29, 0.717) is 5.69 Å². The van der Waals surface area contributed by atoms with Crippen molar-refractivity contribution in [1.29, 1.82) is 0 Å². The minimum Gasteiger partial charge on any atom is -0.380 e. The molecule has 4 nitrogen and oxygen atoms in total. The summed E-state index contributed by atoms with van der Waals surface area (Å²) < 4.78 is 1.78. The topological polar surface area (TPSA) is 50.9 Å². The summed E-state index contributed by atoms with van der Waals surface area (Å²) in [6, 6.07) is 13.5. The number of fused-ring (bicyclic) bond motifs is 1. The van der Waals surface area contributed by atoms with Gasteiger partial charge in [-0.05, 0) is 25.1 Å². The standard InChI is InChI=1S/C15H15N3O/c1-2-18-14(9-10-16-18)15(19)13-8-7-11-5-3-4-6-12(11)17-13/h3-10,15,19H,2H2,1H3. The maximum Gasteiger partial charge on any atom is 0.137 e. The van der Waals surface area contributed by atoms with Crippen LogP contribution < -0.4 is 0 Å². The molecule has 0 aliphatic heterocycles. The summed E-state index contributed by atoms with van der Waals surface area (Å²) in [6.07, 6.45) is 0.954. The lowest BCUT2D eigenvalue weighted by molar-refractivity contribution is 0.203. The second kappa shape index (κ2) is 4.82. The summed E-state index contributed by atoms with van der Waals surface area (Å²) in [5.41, 5.74) is 2.31. The second-order valence-corrected chi connectivity index (χ2v) is 4.40. The van der Waals surface area contributed by atoms with Gasteiger partial charge in [-0.2, -0.15) is 5.10 Å². The first-order valence-corrected chi connectivity index (χ1v) is 6.35. The molecular weight excluding hydrogens is 238 g/mol. The Morgan fingerprint density at radius 2 is 2.00 bits per heavy atom. The smallest absolute Gasteiger partial charge is 0.137 e. The Hall–Kier alpha value is -2.20. The number of aryl methyl sites for hydroxylation is 1. The van der Waals surface area contributed by atoms with Crippen LogP contribution in [0.15, 0.2) is 48.7 Å². The van der Waals surface area contributed by atoms with Gasteiger partial charge in [0.05, 0.1) is 16.9 Å². The second-order valence-electron chi connectivity index (χ2n) is 4.40. The van der Waals surface area contributed by atoms with Crippen molar-refractivity contribution in [3.63, 3.8) is 0 Å². The maximum absolute atomic E-state index is 10.4. The van der Waals surface area contributed by atoms with Gasteiger partial charge < -0.3 is 5.11 Å². The van der Waals surface area contributed by atoms with E-state index >= 15 is 0 Å². The van der Waals surface area contributed by atoms with E-state index in [9.17, 15) is 5.11 Å². The zero-order valence-corrected chi connectivity index (χ0v) is 10.7. The molecule has 0 saturated carbocycles. The molecule has 0 aliphatic rings. The Morgan fingerprint density at radius 1 is 1.16 bits per heavy atom. The quantitative estimate of drug-likeness (QED) is 0.780. The van der Waals surface area contributed by atoms with Crippen molar-refractivity contribution in [3.8, 4) is 0 Å². The Kier molecular flexibility index (Phi) is 3.01. The summed E-state index contributed by atoms with van der Waals surface area (Å²) in [5, 5.41) is 15.7. The molecule has 0 radical (unpaired) electrons. The third kappa shape index (κ3) is 2.11. The van der Waals surface area contributed by atoms with Crippen LogP contribution >= 0.6 is 0 Å². The van der Waals surface area contributed by atoms with Crippen LogP contribution in [0, 0.1) is 0 Å². The largest absolute Gasteiger partial charge is 0.380 e. The molecule has 96 valence electrons. The summed E-state index contributed by atoms with van der Waals surface area (Å²) >= 11 is 0. The molecule has 2 aromatic heterocycles. The van der Waals surface area contributed by atoms with Gasteiger partial charge in [0.1, 0.15) is 6.10 Å². The van der Waals surface area contributed by atoms with Crippen molar-refractivity contribution in [1.82, 2.24) is 14.8 Å². The van der Waals surface area contributed by atoms with Crippen molar-refractivity contribution < 1.29 is 5.11 Å². The van der Waals surface area contributed by atoms with Crippen molar-refractivity contribution >= 4 is 10.9 Å². The number of para-hydroxylation sites is 1. The minimum atomic E-state index is -0.743. The fraction of sp³-hybridized carbons (Fsp3) is 0.200. The van der Waals surface area contributed by atoms with Gasteiger partial charge in [-0.15, -0.1) is 0 Å². The van der Waals surface area contributed by atoms with Crippen LogP contribution in [0.5, 0.6) is 0 Å². The number of rotatable bonds is 3. The van der Waals surface area contributed by atoms with E-state index in [0.717, 1.165) is 23.1 Å². The Balaban J connectivity index is 2.04. The molecule has 3 rings (SSSR count). The molecule has 0 bridgehead atoms. The third-order valence-electron chi connectivity index (χ3n) is 3.23. The van der Waals surface area contributed by atoms with E-state index < -0.39 is 6.10 Å². The molecule has 4 heteroatoms. The van der Waals surface area contributed by atoms with Crippen LogP contribution in [0.3, 0.4) is 0 Å². The molecule has 19 heavy (non-hydrogen) atoms. The molecule has 2 heterocycles. The summed E-state index contributed by atoms with van der Waals surface area (Å²) in [6.45, 7) is 2.73. The molecule has 0 saturated heterocycles. The Labute approximate surface area is 111 Å². The van der Waals surface area contributed by atoms with Gasteiger partial charge in [0.2, 0.25) is 0 Å². The van der Waals surface area contributed by atoms with Crippen LogP contribution in [0.4, 0.5) is 0 Å². The van der Waals surface area contributed by atoms with Gasteiger partial charge >= 0.3 is 0 Å². The lowest BCUT2D eigenvalue weighted by Gasteiger charge is -2.12. The monoisotopic (exact) mass is 253 g/mol. The first-order chi connectivity index (χ1) is 9.29. The van der Waals surface area contributed by atoms with Crippen LogP contribution in [0.25, 0.3) is 10.9 Å². The summed E-state index contributed by atoms with van der Waals surface area (Å²) in [7, 11) is 0. The van der Waals surface area contributed by atoms with Crippen LogP contribution in [-0.4, -0.2) is 19.9 Å². The fourth-order valence-corrected chi connectivity index (χ4v) is 2.23. The highest BCUT2D eigenvalue weighted by Crippen LogP contribution is 2.22. The van der Waals surface area contributed by atoms with E-state index in [1.54, 1.807) is 10.9 Å². The summed E-state index contributed by atoms with van der Waals surface area (Å²) in [4.78, 5) is 4.52. The molecule has 0 aliphatic carbocycles. The SMILES string of the molecule is CCn1nccc1C(O)c1ccc2ccccc2n1. The van der Waals surface area contributed by atoms with E-state index in [2.05, 4.69) is 10.1 Å². The highest BCUT2D eigenvalue weighted by molar-refractivity contribution is 5.78. The lowest BCUT2D eigenvalue weighted by atomic mass is 10.1. The number of aliphatic hydroxyl groups excluding tert-OH is 1. The molecule has 0 fully saturated rings. The van der Waals surface area contributed by atoms with Crippen LogP contribution in [0.2, 0.25) is 0 Å². The number of hydrogen-bond acceptors (Lipinski definition) is 3. The zero-order chi connectivity index (χ0) is 13.2. The van der Waals surface area contributed by atoms with E-state index in [1.807, 2.05) is 49.4 Å². The van der Waals surface area contributed by atoms with E-state index in [-0.39, 0.29) is 0 Å². The first kappa shape index (κ1) is 11.9. The minimum absolute atomic E-state index is 0.647. The molecule has 1 aromatic carbocycles. The lowest BCUT2D eigenvalue weighted by Crippen LogP contribution is -2.10. The average molecular weight is 253 g/mol. The fourth-order valence-electron chi connectivity index (χ4n) is 2.23. The number of pyridine rings is 1. The molecule has 0 spiro atoms. The van der Waals surface area contributed by atoms with Gasteiger partial charge in [0.15, 0.2) is 0 Å². The van der Waals surface area contributed by atoms with Gasteiger partial charge in [0.25, 0.3) is 0 Å². The molecular formula is C15H15N3O. The highest BCUT2D eigenvalue weighted by atomic mass is 16.3. The van der Waals surface area contributed by atoms with E-state index in [1.165, 1.54) is 0 Å². The number of aliphatic hydroxyl groups is 1. The van der Waals surface area contributed by atoms with Crippen LogP contribution in [0.1, 0.15) is 24.4 Å². The molecule has 1 N–H and O–H groups in total. The van der Waals surface area contributed by atoms with Crippen molar-refractivity contribution in [2.75, 3.05) is 0 Å². The van der Waals surface area contributed by atoms with Crippen molar-refractivity contribution in [2.24, 2.45) is 0 Å². The highest BCUT2D eigenvalue weighted by Gasteiger charge is 2.16. The third-order valence-corrected chi connectivity index (χ3v) is 3.23. The number of benzene rings is 1. The predicted molar refractivity (Wildman–Crippen MR) is 73.7 cm³/mol. The Bertz CT molecular complexity index is 705. The maximum atomic E-state index is 10.4. The first-order valence-electron chi connectivity index (χ1n) is 6.35. The van der Waals surface area contributed by atoms with Crippen molar-refractivity contribution in [3.05, 3.63) is 60.0 Å².